The minimum absolute atomic E-state index is 0.0813. The lowest BCUT2D eigenvalue weighted by Crippen LogP contribution is -2.14. The quantitative estimate of drug-likeness (QED) is 0.158. The summed E-state index contributed by atoms with van der Waals surface area (Å²) in [4.78, 5) is 0. The third-order valence-corrected chi connectivity index (χ3v) is 15.5. The summed E-state index contributed by atoms with van der Waals surface area (Å²) in [5, 5.41) is 5.16. The van der Waals surface area contributed by atoms with Gasteiger partial charge in [-0.05, 0) is 116 Å². The first-order chi connectivity index (χ1) is 30.5. The molecule has 1 nitrogen and oxygen atoms in total. The summed E-state index contributed by atoms with van der Waals surface area (Å²) >= 11 is 1.92. The Balaban J connectivity index is 1.02. The van der Waals surface area contributed by atoms with E-state index in [-0.39, 0.29) is 5.41 Å². The number of aromatic nitrogens is 1. The van der Waals surface area contributed by atoms with Crippen LogP contribution in [0.25, 0.3) is 92.2 Å². The van der Waals surface area contributed by atoms with Crippen LogP contribution in [-0.2, 0) is 11.8 Å². The van der Waals surface area contributed by atoms with Gasteiger partial charge in [0.05, 0.1) is 11.0 Å². The number of hydrogen-bond donors (Lipinski definition) is 0. The highest BCUT2D eigenvalue weighted by atomic mass is 32.1. The SMILES string of the molecule is CC1(C)c2ccccc2-c2ccc(-c3cc(-n4c5ccccc5c5ccc(-c6cccc7c6-c6ccccc6C7CCc6ccccc6)cc54)cc4c3sc3ccccc34)cc21. The molecular weight excluding hydrogens is 767 g/mol. The molecule has 2 aliphatic carbocycles. The first-order valence-electron chi connectivity index (χ1n) is 22.0. The summed E-state index contributed by atoms with van der Waals surface area (Å²) in [5.74, 6) is 0.362. The first-order valence-corrected chi connectivity index (χ1v) is 22.8. The molecule has 2 aromatic heterocycles. The molecule has 0 bridgehead atoms. The highest BCUT2D eigenvalue weighted by molar-refractivity contribution is 7.26. The van der Waals surface area contributed by atoms with Gasteiger partial charge in [0.2, 0.25) is 0 Å². The zero-order chi connectivity index (χ0) is 41.1. The van der Waals surface area contributed by atoms with Gasteiger partial charge in [-0.25, -0.2) is 0 Å². The summed E-state index contributed by atoms with van der Waals surface area (Å²) in [6.07, 6.45) is 2.14. The summed E-state index contributed by atoms with van der Waals surface area (Å²) in [5.41, 5.74) is 21.2. The van der Waals surface area contributed by atoms with Gasteiger partial charge in [-0.1, -0.05) is 172 Å². The van der Waals surface area contributed by atoms with Crippen LogP contribution in [0.2, 0.25) is 0 Å². The lowest BCUT2D eigenvalue weighted by molar-refractivity contribution is 0.660. The summed E-state index contributed by atoms with van der Waals surface area (Å²) in [6.45, 7) is 4.77. The summed E-state index contributed by atoms with van der Waals surface area (Å²) < 4.78 is 5.20. The molecule has 1 atom stereocenters. The summed E-state index contributed by atoms with van der Waals surface area (Å²) in [6, 6.07) is 73.3. The molecule has 0 spiro atoms. The Bertz CT molecular complexity index is 3620. The van der Waals surface area contributed by atoms with E-state index < -0.39 is 0 Å². The molecular formula is C60H43NS. The van der Waals surface area contributed by atoms with E-state index in [1.165, 1.54) is 120 Å². The lowest BCUT2D eigenvalue weighted by Gasteiger charge is -2.22. The maximum absolute atomic E-state index is 2.54. The van der Waals surface area contributed by atoms with Crippen LogP contribution < -0.4 is 0 Å². The van der Waals surface area contributed by atoms with Crippen molar-refractivity contribution < 1.29 is 0 Å². The predicted octanol–water partition coefficient (Wildman–Crippen LogP) is 16.5. The average Bonchev–Trinajstić information content (AvgIpc) is 4.03. The minimum atomic E-state index is -0.0813. The number of aryl methyl sites for hydroxylation is 1. The third kappa shape index (κ3) is 5.20. The minimum Gasteiger partial charge on any atom is -0.309 e. The van der Waals surface area contributed by atoms with E-state index in [1.807, 2.05) is 11.3 Å². The van der Waals surface area contributed by atoms with E-state index in [0.717, 1.165) is 12.8 Å². The maximum Gasteiger partial charge on any atom is 0.0547 e. The average molecular weight is 810 g/mol. The number of nitrogens with zero attached hydrogens (tertiary/aromatic N) is 1. The molecule has 0 aliphatic heterocycles. The number of fused-ring (bicyclic) bond motifs is 12. The lowest BCUT2D eigenvalue weighted by atomic mass is 9.81. The number of benzene rings is 9. The molecule has 2 heterocycles. The number of hydrogen-bond acceptors (Lipinski definition) is 1. The van der Waals surface area contributed by atoms with Crippen LogP contribution >= 0.6 is 11.3 Å². The fraction of sp³-hybridized carbons (Fsp3) is 0.100. The molecule has 11 aromatic rings. The van der Waals surface area contributed by atoms with Gasteiger partial charge in [0.25, 0.3) is 0 Å². The number of rotatable bonds is 6. The van der Waals surface area contributed by atoms with Crippen LogP contribution in [0.3, 0.4) is 0 Å². The molecule has 0 fully saturated rings. The van der Waals surface area contributed by atoms with Crippen molar-refractivity contribution in [2.75, 3.05) is 0 Å². The highest BCUT2D eigenvalue weighted by Crippen LogP contribution is 2.53. The Labute approximate surface area is 366 Å². The monoisotopic (exact) mass is 809 g/mol. The zero-order valence-electron chi connectivity index (χ0n) is 34.8. The first kappa shape index (κ1) is 35.7. The second-order valence-electron chi connectivity index (χ2n) is 17.9. The zero-order valence-corrected chi connectivity index (χ0v) is 35.6. The maximum atomic E-state index is 2.54. The number of thiophene rings is 1. The van der Waals surface area contributed by atoms with Crippen LogP contribution in [0.4, 0.5) is 0 Å². The summed E-state index contributed by atoms with van der Waals surface area (Å²) in [7, 11) is 0. The van der Waals surface area contributed by atoms with Crippen molar-refractivity contribution in [2.45, 2.75) is 38.0 Å². The molecule has 62 heavy (non-hydrogen) atoms. The van der Waals surface area contributed by atoms with E-state index in [9.17, 15) is 0 Å². The molecule has 0 N–H and O–H groups in total. The fourth-order valence-corrected chi connectivity index (χ4v) is 12.5. The normalized spacial score (nSPS) is 14.7. The fourth-order valence-electron chi connectivity index (χ4n) is 11.3. The van der Waals surface area contributed by atoms with Crippen molar-refractivity contribution in [3.63, 3.8) is 0 Å². The van der Waals surface area contributed by atoms with Crippen molar-refractivity contribution in [3.8, 4) is 50.2 Å². The molecule has 0 amide bonds. The van der Waals surface area contributed by atoms with E-state index in [0.29, 0.717) is 5.92 Å². The van der Waals surface area contributed by atoms with Crippen molar-refractivity contribution in [1.82, 2.24) is 4.57 Å². The molecule has 13 rings (SSSR count). The van der Waals surface area contributed by atoms with Crippen molar-refractivity contribution in [3.05, 3.63) is 222 Å². The standard InChI is InChI=1S/C60H43NS/c1-60(2)53-24-11-8-18-44(53)45-31-28-38(33-54(45)60)51-35-40(36-52-48-20-10-13-26-57(48)62-59(51)52)61-55-25-12-9-19-46(55)47-32-29-39(34-56(47)61)41-22-14-23-50-43(30-27-37-15-4-3-5-16-37)42-17-6-7-21-49(42)58(41)50/h3-26,28-29,31-36,43H,27,30H2,1-2H3. The van der Waals surface area contributed by atoms with E-state index >= 15 is 0 Å². The highest BCUT2D eigenvalue weighted by Gasteiger charge is 2.36. The molecule has 1 unspecified atom stereocenters. The molecule has 2 aliphatic rings. The Kier molecular flexibility index (Phi) is 7.78. The Hall–Kier alpha value is -7.00. The van der Waals surface area contributed by atoms with Gasteiger partial charge in [0, 0.05) is 53.5 Å². The topological polar surface area (TPSA) is 4.93 Å². The van der Waals surface area contributed by atoms with Crippen LogP contribution in [-0.4, -0.2) is 4.57 Å². The predicted molar refractivity (Wildman–Crippen MR) is 264 cm³/mol. The van der Waals surface area contributed by atoms with Crippen LogP contribution in [0.5, 0.6) is 0 Å². The van der Waals surface area contributed by atoms with Gasteiger partial charge >= 0.3 is 0 Å². The Morgan fingerprint density at radius 1 is 0.468 bits per heavy atom. The van der Waals surface area contributed by atoms with Crippen LogP contribution in [0.15, 0.2) is 194 Å². The van der Waals surface area contributed by atoms with Crippen molar-refractivity contribution in [1.29, 1.82) is 0 Å². The van der Waals surface area contributed by atoms with Crippen LogP contribution in [0, 0.1) is 0 Å². The number of para-hydroxylation sites is 1. The van der Waals surface area contributed by atoms with E-state index in [4.69, 9.17) is 0 Å². The second-order valence-corrected chi connectivity index (χ2v) is 19.0. The smallest absolute Gasteiger partial charge is 0.0547 e. The Morgan fingerprint density at radius 2 is 1.15 bits per heavy atom. The molecule has 294 valence electrons. The third-order valence-electron chi connectivity index (χ3n) is 14.2. The van der Waals surface area contributed by atoms with Crippen molar-refractivity contribution >= 4 is 53.3 Å². The van der Waals surface area contributed by atoms with Gasteiger partial charge in [-0.15, -0.1) is 11.3 Å². The molecule has 9 aromatic carbocycles. The van der Waals surface area contributed by atoms with Gasteiger partial charge in [-0.2, -0.15) is 0 Å². The van der Waals surface area contributed by atoms with Gasteiger partial charge in [0.15, 0.2) is 0 Å². The van der Waals surface area contributed by atoms with Crippen LogP contribution in [0.1, 0.15) is 54.0 Å². The van der Waals surface area contributed by atoms with E-state index in [1.54, 1.807) is 0 Å². The molecule has 0 saturated heterocycles. The molecule has 0 saturated carbocycles. The van der Waals surface area contributed by atoms with Gasteiger partial charge in [0.1, 0.15) is 0 Å². The molecule has 2 heteroatoms. The largest absolute Gasteiger partial charge is 0.309 e. The van der Waals surface area contributed by atoms with Gasteiger partial charge in [-0.3, -0.25) is 0 Å². The van der Waals surface area contributed by atoms with E-state index in [2.05, 4.69) is 213 Å². The molecule has 0 radical (unpaired) electrons. The van der Waals surface area contributed by atoms with Crippen molar-refractivity contribution in [2.24, 2.45) is 0 Å². The second kappa shape index (κ2) is 13.5. The Morgan fingerprint density at radius 3 is 2.05 bits per heavy atom. The van der Waals surface area contributed by atoms with Gasteiger partial charge < -0.3 is 4.57 Å².